The third kappa shape index (κ3) is 3.14. The van der Waals surface area contributed by atoms with Crippen molar-refractivity contribution < 1.29 is 0 Å². The minimum Gasteiger partial charge on any atom is -0.305 e. The van der Waals surface area contributed by atoms with E-state index in [-0.39, 0.29) is 0 Å². The fourth-order valence-electron chi connectivity index (χ4n) is 2.55. The van der Waals surface area contributed by atoms with Crippen molar-refractivity contribution in [3.05, 3.63) is 43.3 Å². The van der Waals surface area contributed by atoms with E-state index < -0.39 is 0 Å². The summed E-state index contributed by atoms with van der Waals surface area (Å²) in [5.41, 5.74) is 1.58. The lowest BCUT2D eigenvalue weighted by Crippen LogP contribution is -2.21. The Balaban J connectivity index is 1.90. The minimum atomic E-state index is 0.397. The lowest BCUT2D eigenvalue weighted by atomic mass is 10.1. The molecule has 4 heteroatoms. The fraction of sp³-hybridized carbons (Fsp3) is 0.500. The number of thiophene rings is 2. The number of hydrogen-bond donors (Lipinski definition) is 1. The van der Waals surface area contributed by atoms with Gasteiger partial charge in [0.05, 0.1) is 6.04 Å². The van der Waals surface area contributed by atoms with Gasteiger partial charge in [-0.3, -0.25) is 0 Å². The highest BCUT2D eigenvalue weighted by Gasteiger charge is 2.21. The maximum absolute atomic E-state index is 3.74. The molecular formula is C16H21NS3. The molecule has 1 N–H and O–H groups in total. The average Bonchev–Trinajstić information content (AvgIpc) is 3.05. The van der Waals surface area contributed by atoms with Gasteiger partial charge in [-0.1, -0.05) is 6.92 Å². The van der Waals surface area contributed by atoms with Gasteiger partial charge in [0.25, 0.3) is 0 Å². The Bertz CT molecular complexity index is 547. The monoisotopic (exact) mass is 323 g/mol. The molecule has 0 bridgehead atoms. The van der Waals surface area contributed by atoms with Crippen LogP contribution in [0.15, 0.2) is 18.2 Å². The first-order valence-electron chi connectivity index (χ1n) is 7.27. The molecule has 0 spiro atoms. The highest BCUT2D eigenvalue weighted by Crippen LogP contribution is 2.38. The molecule has 2 aromatic rings. The van der Waals surface area contributed by atoms with Gasteiger partial charge in [0.2, 0.25) is 0 Å². The highest BCUT2D eigenvalue weighted by molar-refractivity contribution is 7.98. The Morgan fingerprint density at radius 1 is 1.25 bits per heavy atom. The predicted molar refractivity (Wildman–Crippen MR) is 93.4 cm³/mol. The molecule has 0 fully saturated rings. The van der Waals surface area contributed by atoms with Crippen LogP contribution in [0.2, 0.25) is 0 Å². The second-order valence-corrected chi connectivity index (χ2v) is 8.83. The molecule has 0 amide bonds. The molecule has 3 heterocycles. The number of fused-ring (bicyclic) bond motifs is 1. The number of rotatable bonds is 5. The molecule has 1 aliphatic heterocycles. The smallest absolute Gasteiger partial charge is 0.0765 e. The number of nitrogens with one attached hydrogen (secondary N) is 1. The van der Waals surface area contributed by atoms with E-state index in [1.807, 2.05) is 22.7 Å². The molecule has 2 aromatic heterocycles. The molecule has 0 aromatic carbocycles. The Labute approximate surface area is 133 Å². The van der Waals surface area contributed by atoms with Gasteiger partial charge in [-0.05, 0) is 55.8 Å². The highest BCUT2D eigenvalue weighted by atomic mass is 32.2. The van der Waals surface area contributed by atoms with Crippen LogP contribution in [0.1, 0.15) is 44.5 Å². The maximum atomic E-state index is 3.74. The summed E-state index contributed by atoms with van der Waals surface area (Å²) in [6, 6.07) is 7.38. The molecule has 1 aliphatic rings. The first-order chi connectivity index (χ1) is 9.78. The van der Waals surface area contributed by atoms with E-state index >= 15 is 0 Å². The summed E-state index contributed by atoms with van der Waals surface area (Å²) in [5, 5.41) is 3.74. The van der Waals surface area contributed by atoms with Gasteiger partial charge in [-0.15, -0.1) is 22.7 Å². The van der Waals surface area contributed by atoms with Gasteiger partial charge in [-0.2, -0.15) is 11.8 Å². The Hall–Kier alpha value is -0.290. The fourth-order valence-corrected chi connectivity index (χ4v) is 6.07. The molecule has 20 heavy (non-hydrogen) atoms. The lowest BCUT2D eigenvalue weighted by Gasteiger charge is -2.15. The molecule has 1 atom stereocenters. The van der Waals surface area contributed by atoms with Crippen molar-refractivity contribution in [2.45, 2.75) is 38.5 Å². The molecule has 0 radical (unpaired) electrons. The predicted octanol–water partition coefficient (Wildman–Crippen LogP) is 5.00. The van der Waals surface area contributed by atoms with Crippen molar-refractivity contribution in [1.82, 2.24) is 5.32 Å². The summed E-state index contributed by atoms with van der Waals surface area (Å²) in [4.78, 5) is 5.99. The summed E-state index contributed by atoms with van der Waals surface area (Å²) in [5.74, 6) is 2.49. The first kappa shape index (κ1) is 14.6. The van der Waals surface area contributed by atoms with Crippen LogP contribution in [0.4, 0.5) is 0 Å². The molecule has 3 rings (SSSR count). The summed E-state index contributed by atoms with van der Waals surface area (Å²) >= 11 is 6.02. The zero-order chi connectivity index (χ0) is 13.9. The van der Waals surface area contributed by atoms with E-state index in [0.29, 0.717) is 6.04 Å². The van der Waals surface area contributed by atoms with Crippen LogP contribution in [0, 0.1) is 6.92 Å². The normalized spacial score (nSPS) is 16.1. The van der Waals surface area contributed by atoms with Crippen molar-refractivity contribution in [2.24, 2.45) is 0 Å². The molecule has 0 aliphatic carbocycles. The molecule has 108 valence electrons. The van der Waals surface area contributed by atoms with Crippen LogP contribution in [0.3, 0.4) is 0 Å². The van der Waals surface area contributed by atoms with Gasteiger partial charge in [0.1, 0.15) is 0 Å². The van der Waals surface area contributed by atoms with Crippen molar-refractivity contribution in [1.29, 1.82) is 0 Å². The van der Waals surface area contributed by atoms with Crippen LogP contribution < -0.4 is 5.32 Å². The topological polar surface area (TPSA) is 12.0 Å². The largest absolute Gasteiger partial charge is 0.305 e. The van der Waals surface area contributed by atoms with E-state index in [2.05, 4.69) is 49.1 Å². The van der Waals surface area contributed by atoms with E-state index in [0.717, 1.165) is 6.54 Å². The Morgan fingerprint density at radius 2 is 2.15 bits per heavy atom. The van der Waals surface area contributed by atoms with E-state index in [1.165, 1.54) is 39.0 Å². The molecule has 0 saturated heterocycles. The van der Waals surface area contributed by atoms with E-state index in [9.17, 15) is 0 Å². The second kappa shape index (κ2) is 6.65. The zero-order valence-corrected chi connectivity index (χ0v) is 14.5. The van der Waals surface area contributed by atoms with Crippen LogP contribution in [0.5, 0.6) is 0 Å². The van der Waals surface area contributed by atoms with Gasteiger partial charge in [-0.25, -0.2) is 0 Å². The number of thioether (sulfide) groups is 1. The summed E-state index contributed by atoms with van der Waals surface area (Å²) in [7, 11) is 0. The zero-order valence-electron chi connectivity index (χ0n) is 12.1. The minimum absolute atomic E-state index is 0.397. The van der Waals surface area contributed by atoms with Crippen molar-refractivity contribution in [3.63, 3.8) is 0 Å². The first-order valence-corrected chi connectivity index (χ1v) is 10.1. The van der Waals surface area contributed by atoms with E-state index in [1.54, 1.807) is 10.4 Å². The van der Waals surface area contributed by atoms with Crippen molar-refractivity contribution in [3.8, 4) is 0 Å². The van der Waals surface area contributed by atoms with Crippen molar-refractivity contribution in [2.75, 3.05) is 12.3 Å². The summed E-state index contributed by atoms with van der Waals surface area (Å²) in [6.45, 7) is 5.51. The molecular weight excluding hydrogens is 302 g/mol. The molecule has 1 unspecified atom stereocenters. The maximum Gasteiger partial charge on any atom is 0.0765 e. The van der Waals surface area contributed by atoms with Crippen LogP contribution in [0.25, 0.3) is 0 Å². The van der Waals surface area contributed by atoms with Gasteiger partial charge < -0.3 is 5.32 Å². The number of hydrogen-bond acceptors (Lipinski definition) is 4. The Morgan fingerprint density at radius 3 is 2.85 bits per heavy atom. The summed E-state index contributed by atoms with van der Waals surface area (Å²) < 4.78 is 0. The standard InChI is InChI=1S/C16H21NS3/c1-3-7-17-16(14-5-4-11(2)19-14)15-9-12-10-18-8-6-13(12)20-15/h4-5,9,16-17H,3,6-8,10H2,1-2H3. The van der Waals surface area contributed by atoms with Gasteiger partial charge in [0, 0.05) is 25.3 Å². The third-order valence-corrected chi connectivity index (χ3v) is 6.95. The third-order valence-electron chi connectivity index (χ3n) is 3.58. The lowest BCUT2D eigenvalue weighted by molar-refractivity contribution is 0.613. The SMILES string of the molecule is CCCNC(c1ccc(C)s1)c1cc2c(s1)CCSC2. The van der Waals surface area contributed by atoms with E-state index in [4.69, 9.17) is 0 Å². The summed E-state index contributed by atoms with van der Waals surface area (Å²) in [6.07, 6.45) is 2.44. The van der Waals surface area contributed by atoms with Gasteiger partial charge >= 0.3 is 0 Å². The van der Waals surface area contributed by atoms with Crippen LogP contribution in [-0.4, -0.2) is 12.3 Å². The average molecular weight is 324 g/mol. The Kier molecular flexibility index (Phi) is 4.87. The van der Waals surface area contributed by atoms with Crippen LogP contribution in [-0.2, 0) is 12.2 Å². The van der Waals surface area contributed by atoms with Gasteiger partial charge in [0.15, 0.2) is 0 Å². The van der Waals surface area contributed by atoms with Crippen molar-refractivity contribution >= 4 is 34.4 Å². The van der Waals surface area contributed by atoms with Crippen LogP contribution >= 0.6 is 34.4 Å². The second-order valence-electron chi connectivity index (χ2n) is 5.24. The molecule has 1 nitrogen and oxygen atoms in total. The molecule has 0 saturated carbocycles. The quantitative estimate of drug-likeness (QED) is 0.831. The number of aryl methyl sites for hydroxylation is 2.